The second-order valence-electron chi connectivity index (χ2n) is 14.0. The van der Waals surface area contributed by atoms with Crippen LogP contribution >= 0.6 is 11.6 Å². The van der Waals surface area contributed by atoms with Crippen molar-refractivity contribution in [2.24, 2.45) is 0 Å². The number of anilines is 5. The SMILES string of the molecule is CN1c2nc(Cl)ncc2OCC1CC(F)(F)F.COc1cc(N)cnc1-n1cnc(C)c1.COc1cc(Nc2ncc3c(n2)N(C)C(CC(F)(F)F)CO3)cnc1-n1cnc(C)c1. The van der Waals surface area contributed by atoms with E-state index in [1.54, 1.807) is 60.5 Å². The van der Waals surface area contributed by atoms with Crippen LogP contribution in [0.5, 0.6) is 23.0 Å². The minimum absolute atomic E-state index is 0.0214. The second-order valence-corrected chi connectivity index (χ2v) is 14.4. The van der Waals surface area contributed by atoms with E-state index in [1.165, 1.54) is 36.4 Å². The maximum atomic E-state index is 12.8. The summed E-state index contributed by atoms with van der Waals surface area (Å²) in [5.74, 6) is 3.79. The molecule has 8 rings (SSSR count). The van der Waals surface area contributed by atoms with Crippen LogP contribution in [-0.4, -0.2) is 115 Å². The number of methoxy groups -OCH3 is 2. The Morgan fingerprint density at radius 3 is 1.68 bits per heavy atom. The van der Waals surface area contributed by atoms with Gasteiger partial charge in [0.25, 0.3) is 0 Å². The smallest absolute Gasteiger partial charge is 0.391 e. The number of nitrogen functional groups attached to an aromatic ring is 1. The zero-order valence-electron chi connectivity index (χ0n) is 34.5. The molecule has 63 heavy (non-hydrogen) atoms. The van der Waals surface area contributed by atoms with E-state index in [0.717, 1.165) is 11.4 Å². The molecule has 0 bridgehead atoms. The predicted octanol–water partition coefficient (Wildman–Crippen LogP) is 6.71. The van der Waals surface area contributed by atoms with Gasteiger partial charge in [0.05, 0.1) is 86.7 Å². The molecule has 6 aromatic heterocycles. The average Bonchev–Trinajstić information content (AvgIpc) is 3.87. The Bertz CT molecular complexity index is 2510. The molecule has 0 saturated carbocycles. The first-order chi connectivity index (χ1) is 29.8. The van der Waals surface area contributed by atoms with Crippen LogP contribution in [0, 0.1) is 13.8 Å². The van der Waals surface area contributed by atoms with Crippen molar-refractivity contribution in [3.05, 3.63) is 78.6 Å². The van der Waals surface area contributed by atoms with Crippen LogP contribution in [0.25, 0.3) is 11.6 Å². The van der Waals surface area contributed by atoms with Gasteiger partial charge in [-0.3, -0.25) is 9.13 Å². The number of fused-ring (bicyclic) bond motifs is 2. The number of likely N-dealkylation sites (N-methyl/N-ethyl adjacent to an activating group) is 2. The van der Waals surface area contributed by atoms with E-state index < -0.39 is 37.3 Å². The molecule has 2 aliphatic rings. The van der Waals surface area contributed by atoms with E-state index in [0.29, 0.717) is 46.0 Å². The Labute approximate surface area is 361 Å². The maximum absolute atomic E-state index is 12.8. The van der Waals surface area contributed by atoms with Crippen LogP contribution in [0.15, 0.2) is 62.0 Å². The third-order valence-electron chi connectivity index (χ3n) is 9.30. The molecule has 0 radical (unpaired) electrons. The highest BCUT2D eigenvalue weighted by atomic mass is 35.5. The summed E-state index contributed by atoms with van der Waals surface area (Å²) >= 11 is 5.60. The zero-order chi connectivity index (χ0) is 45.6. The van der Waals surface area contributed by atoms with E-state index in [2.05, 4.69) is 45.2 Å². The van der Waals surface area contributed by atoms with E-state index in [9.17, 15) is 26.3 Å². The molecule has 0 aromatic carbocycles. The number of pyridine rings is 2. The van der Waals surface area contributed by atoms with Crippen molar-refractivity contribution in [3.63, 3.8) is 0 Å². The fourth-order valence-electron chi connectivity index (χ4n) is 6.19. The molecular weight excluding hydrogens is 866 g/mol. The summed E-state index contributed by atoms with van der Waals surface area (Å²) < 4.78 is 100. The monoisotopic (exact) mass is 906 g/mol. The highest BCUT2D eigenvalue weighted by Crippen LogP contribution is 2.37. The molecule has 2 atom stereocenters. The van der Waals surface area contributed by atoms with Crippen LogP contribution in [0.1, 0.15) is 24.2 Å². The number of halogens is 7. The standard InChI is InChI=1S/C19H20F3N7O2.C10H12N4O.C9H9ClF3N3O/c1-11-8-29(10-25-11)16-14(30-3)4-12(6-23-16)26-18-24-7-15-17(27-18)28(2)13(9-31-15)5-19(20,21)22;1-7-5-14(6-13-7)10-9(15-2)3-8(11)4-12-10;1-16-5(2-9(11,12)13)4-17-6-3-14-8(10)15-7(6)16/h4,6-8,10,13H,5,9H2,1-3H3,(H,24,26,27);3-6H,11H2,1-2H3;3,5H,2,4H2,1H3. The Kier molecular flexibility index (Phi) is 13.8. The van der Waals surface area contributed by atoms with Gasteiger partial charge in [0.2, 0.25) is 11.2 Å². The van der Waals surface area contributed by atoms with Crippen LogP contribution in [0.3, 0.4) is 0 Å². The normalized spacial score (nSPS) is 15.6. The Hall–Kier alpha value is -6.85. The van der Waals surface area contributed by atoms with E-state index in [1.807, 2.05) is 26.2 Å². The molecule has 2 aliphatic heterocycles. The number of nitrogens with two attached hydrogens (primary N) is 1. The first kappa shape index (κ1) is 45.7. The highest BCUT2D eigenvalue weighted by Gasteiger charge is 2.39. The lowest BCUT2D eigenvalue weighted by Crippen LogP contribution is -2.43. The van der Waals surface area contributed by atoms with Gasteiger partial charge in [-0.15, -0.1) is 0 Å². The molecule has 0 aliphatic carbocycles. The molecule has 0 saturated heterocycles. The largest absolute Gasteiger partial charge is 0.493 e. The number of aryl methyl sites for hydroxylation is 2. The third kappa shape index (κ3) is 11.7. The molecule has 0 spiro atoms. The predicted molar refractivity (Wildman–Crippen MR) is 219 cm³/mol. The van der Waals surface area contributed by atoms with E-state index in [4.69, 9.17) is 36.3 Å². The van der Waals surface area contributed by atoms with Crippen LogP contribution < -0.4 is 39.8 Å². The summed E-state index contributed by atoms with van der Waals surface area (Å²) in [6, 6.07) is 1.79. The fourth-order valence-corrected chi connectivity index (χ4v) is 6.32. The Balaban J connectivity index is 0.000000174. The van der Waals surface area contributed by atoms with Crippen LogP contribution in [0.2, 0.25) is 5.28 Å². The lowest BCUT2D eigenvalue weighted by molar-refractivity contribution is -0.141. The van der Waals surface area contributed by atoms with Gasteiger partial charge < -0.3 is 39.8 Å². The Morgan fingerprint density at radius 1 is 0.698 bits per heavy atom. The second kappa shape index (κ2) is 19.0. The minimum atomic E-state index is -4.30. The number of nitrogens with zero attached hydrogens (tertiary/aromatic N) is 12. The number of alkyl halides is 6. The minimum Gasteiger partial charge on any atom is -0.493 e. The molecule has 6 aromatic rings. The Morgan fingerprint density at radius 2 is 1.19 bits per heavy atom. The molecule has 25 heteroatoms. The molecule has 18 nitrogen and oxygen atoms in total. The van der Waals surface area contributed by atoms with Crippen molar-refractivity contribution in [1.82, 2.24) is 49.0 Å². The fraction of sp³-hybridized carbons (Fsp3) is 0.368. The number of hydrogen-bond donors (Lipinski definition) is 2. The molecule has 8 heterocycles. The summed E-state index contributed by atoms with van der Waals surface area (Å²) in [4.78, 5) is 35.9. The maximum Gasteiger partial charge on any atom is 0.391 e. The van der Waals surface area contributed by atoms with Crippen LogP contribution in [0.4, 0.5) is 55.3 Å². The molecule has 2 unspecified atom stereocenters. The molecule has 336 valence electrons. The van der Waals surface area contributed by atoms with E-state index >= 15 is 0 Å². The first-order valence-corrected chi connectivity index (χ1v) is 19.1. The summed E-state index contributed by atoms with van der Waals surface area (Å²) in [5.41, 5.74) is 8.50. The van der Waals surface area contributed by atoms with Gasteiger partial charge in [0, 0.05) is 38.6 Å². The third-order valence-corrected chi connectivity index (χ3v) is 9.48. The first-order valence-electron chi connectivity index (χ1n) is 18.7. The van der Waals surface area contributed by atoms with E-state index in [-0.39, 0.29) is 36.1 Å². The number of ether oxygens (including phenoxy) is 4. The quantitative estimate of drug-likeness (QED) is 0.121. The van der Waals surface area contributed by atoms with Gasteiger partial charge in [-0.25, -0.2) is 29.9 Å². The number of rotatable bonds is 8. The number of aromatic nitrogens is 10. The van der Waals surface area contributed by atoms with Crippen molar-refractivity contribution in [3.8, 4) is 34.6 Å². The van der Waals surface area contributed by atoms with Crippen LogP contribution in [-0.2, 0) is 0 Å². The molecule has 3 N–H and O–H groups in total. The van der Waals surface area contributed by atoms with Crippen molar-refractivity contribution in [2.45, 2.75) is 51.1 Å². The summed E-state index contributed by atoms with van der Waals surface area (Å²) in [6.07, 6.45) is 2.47. The molecule has 0 amide bonds. The summed E-state index contributed by atoms with van der Waals surface area (Å²) in [5, 5.41) is 2.98. The zero-order valence-corrected chi connectivity index (χ0v) is 35.2. The summed E-state index contributed by atoms with van der Waals surface area (Å²) in [7, 11) is 6.20. The van der Waals surface area contributed by atoms with Crippen molar-refractivity contribution >= 4 is 40.6 Å². The topological polar surface area (TPSA) is 194 Å². The lowest BCUT2D eigenvalue weighted by Gasteiger charge is -2.35. The average molecular weight is 907 g/mol. The van der Waals surface area contributed by atoms with Crippen molar-refractivity contribution in [2.75, 3.05) is 62.4 Å². The van der Waals surface area contributed by atoms with Crippen molar-refractivity contribution < 1.29 is 45.3 Å². The number of hydrogen-bond acceptors (Lipinski definition) is 16. The molecule has 0 fully saturated rings. The van der Waals surface area contributed by atoms with Gasteiger partial charge in [0.1, 0.15) is 25.9 Å². The van der Waals surface area contributed by atoms with Gasteiger partial charge in [-0.2, -0.15) is 36.3 Å². The lowest BCUT2D eigenvalue weighted by atomic mass is 10.1. The number of nitrogens with one attached hydrogen (secondary N) is 1. The highest BCUT2D eigenvalue weighted by molar-refractivity contribution is 6.28. The summed E-state index contributed by atoms with van der Waals surface area (Å²) in [6.45, 7) is 3.65. The number of imidazole rings is 2. The molecular formula is C38H41ClF6N14O4. The van der Waals surface area contributed by atoms with Gasteiger partial charge in [0.15, 0.2) is 46.3 Å². The van der Waals surface area contributed by atoms with Gasteiger partial charge >= 0.3 is 12.4 Å². The van der Waals surface area contributed by atoms with Gasteiger partial charge in [-0.1, -0.05) is 0 Å². The van der Waals surface area contributed by atoms with Gasteiger partial charge in [-0.05, 0) is 25.4 Å². The van der Waals surface area contributed by atoms with Crippen molar-refractivity contribution in [1.29, 1.82) is 0 Å².